The summed E-state index contributed by atoms with van der Waals surface area (Å²) in [6, 6.07) is 0. The number of nitrogens with two attached hydrogens (primary N) is 1. The number of carboxylic acids is 1. The van der Waals surface area contributed by atoms with Gasteiger partial charge in [0.25, 0.3) is 5.91 Å². The molecule has 3 heterocycles. The summed E-state index contributed by atoms with van der Waals surface area (Å²) in [6.45, 7) is 1.33. The number of thioether (sulfide) groups is 2. The number of fused-ring (bicyclic) bond motifs is 1. The number of likely N-dealkylation sites (N-methyl/N-ethyl adjacent to an activating group) is 1. The van der Waals surface area contributed by atoms with Crippen LogP contribution in [0.2, 0.25) is 0 Å². The first kappa shape index (κ1) is 24.1. The Hall–Kier alpha value is -1.16. The topological polar surface area (TPSA) is 162 Å². The zero-order valence-corrected chi connectivity index (χ0v) is 19.8. The van der Waals surface area contributed by atoms with E-state index in [4.69, 9.17) is 5.73 Å². The number of tetrazole rings is 1. The molecule has 3 N–H and O–H groups in total. The molecule has 152 valence electrons. The van der Waals surface area contributed by atoms with Crippen molar-refractivity contribution >= 4 is 41.8 Å². The molecule has 0 aromatic carbocycles. The van der Waals surface area contributed by atoms with E-state index in [0.717, 1.165) is 11.4 Å². The molecule has 2 amide bonds. The van der Waals surface area contributed by atoms with Crippen molar-refractivity contribution in [1.29, 1.82) is 0 Å². The standard InChI is InChI=1S/C14H20N8O4S2.Na/c1-20(2)3-4-21-13(17-18-19-21)28-6-8-5-27-12-14(15,16-7-23)11(26)22(12)9(8)10(24)25;/h7,12H,3-6,15H2,1-2H3,(H,16,23)(H,24,25);/q;+1/p-1/t12-,14+;/m1./s1. The van der Waals surface area contributed by atoms with Crippen LogP contribution in [-0.4, -0.2) is 91.5 Å². The summed E-state index contributed by atoms with van der Waals surface area (Å²) in [6.07, 6.45) is 0.330. The second-order valence-electron chi connectivity index (χ2n) is 6.49. The summed E-state index contributed by atoms with van der Waals surface area (Å²) in [5.41, 5.74) is 4.61. The number of nitrogens with one attached hydrogen (secondary N) is 1. The van der Waals surface area contributed by atoms with Crippen molar-refractivity contribution in [3.05, 3.63) is 11.3 Å². The molecule has 0 bridgehead atoms. The Kier molecular flexibility index (Phi) is 8.12. The van der Waals surface area contributed by atoms with Gasteiger partial charge in [-0.2, -0.15) is 0 Å². The fourth-order valence-corrected chi connectivity index (χ4v) is 5.28. The van der Waals surface area contributed by atoms with E-state index in [0.29, 0.717) is 29.4 Å². The first-order valence-corrected chi connectivity index (χ1v) is 10.3. The van der Waals surface area contributed by atoms with E-state index in [9.17, 15) is 19.5 Å². The molecule has 1 fully saturated rings. The van der Waals surface area contributed by atoms with Crippen LogP contribution in [0.15, 0.2) is 16.4 Å². The van der Waals surface area contributed by atoms with Gasteiger partial charge in [-0.3, -0.25) is 20.2 Å². The van der Waals surface area contributed by atoms with Gasteiger partial charge in [0.15, 0.2) is 0 Å². The average molecular weight is 450 g/mol. The van der Waals surface area contributed by atoms with Gasteiger partial charge in [-0.1, -0.05) is 11.8 Å². The van der Waals surface area contributed by atoms with Crippen molar-refractivity contribution < 1.29 is 49.0 Å². The molecule has 0 unspecified atom stereocenters. The number of carboxylic acid groups (broad SMARTS) is 1. The van der Waals surface area contributed by atoms with Crippen LogP contribution in [-0.2, 0) is 20.9 Å². The summed E-state index contributed by atoms with van der Waals surface area (Å²) in [4.78, 5) is 37.9. The second-order valence-corrected chi connectivity index (χ2v) is 8.50. The van der Waals surface area contributed by atoms with Crippen LogP contribution < -0.4 is 45.7 Å². The summed E-state index contributed by atoms with van der Waals surface area (Å²) in [5.74, 6) is -1.55. The normalized spacial score (nSPS) is 23.4. The Morgan fingerprint density at radius 2 is 2.28 bits per heavy atom. The summed E-state index contributed by atoms with van der Waals surface area (Å²) in [7, 11) is 3.87. The van der Waals surface area contributed by atoms with E-state index < -0.39 is 22.9 Å². The third-order valence-electron chi connectivity index (χ3n) is 4.31. The van der Waals surface area contributed by atoms with Crippen LogP contribution in [0.3, 0.4) is 0 Å². The molecule has 3 rings (SSSR count). The fourth-order valence-electron chi connectivity index (χ4n) is 2.86. The molecule has 15 heteroatoms. The molecule has 2 atom stereocenters. The molecule has 29 heavy (non-hydrogen) atoms. The van der Waals surface area contributed by atoms with Crippen LogP contribution in [0.1, 0.15) is 0 Å². The molecular formula is C14H19N8NaO4S2. The number of carbonyl (C=O) groups excluding carboxylic acids is 3. The zero-order valence-electron chi connectivity index (χ0n) is 16.2. The van der Waals surface area contributed by atoms with Crippen LogP contribution in [0, 0.1) is 0 Å². The second kappa shape index (κ2) is 9.76. The molecule has 1 saturated heterocycles. The largest absolute Gasteiger partial charge is 1.00 e. The minimum absolute atomic E-state index is 0. The van der Waals surface area contributed by atoms with E-state index in [1.165, 1.54) is 23.5 Å². The quantitative estimate of drug-likeness (QED) is 0.121. The summed E-state index contributed by atoms with van der Waals surface area (Å²) < 4.78 is 1.64. The number of hydrogen-bond acceptors (Lipinski definition) is 11. The molecule has 0 radical (unpaired) electrons. The van der Waals surface area contributed by atoms with Gasteiger partial charge >= 0.3 is 29.6 Å². The van der Waals surface area contributed by atoms with Crippen LogP contribution in [0.5, 0.6) is 0 Å². The molecule has 1 aromatic rings. The Balaban J connectivity index is 0.00000300. The predicted octanol–water partition coefficient (Wildman–Crippen LogP) is -6.35. The molecular weight excluding hydrogens is 431 g/mol. The first-order valence-electron chi connectivity index (χ1n) is 8.22. The van der Waals surface area contributed by atoms with Crippen molar-refractivity contribution in [3.8, 4) is 0 Å². The van der Waals surface area contributed by atoms with Gasteiger partial charge in [0.1, 0.15) is 5.37 Å². The number of aliphatic carboxylic acids is 1. The predicted molar refractivity (Wildman–Crippen MR) is 98.3 cm³/mol. The maximum atomic E-state index is 12.4. The third kappa shape index (κ3) is 4.62. The zero-order chi connectivity index (χ0) is 20.5. The van der Waals surface area contributed by atoms with Crippen LogP contribution >= 0.6 is 23.5 Å². The Bertz CT molecular complexity index is 834. The fraction of sp³-hybridized carbons (Fsp3) is 0.571. The molecule has 2 aliphatic heterocycles. The van der Waals surface area contributed by atoms with Gasteiger partial charge in [0, 0.05) is 18.1 Å². The van der Waals surface area contributed by atoms with Crippen molar-refractivity contribution in [2.24, 2.45) is 5.73 Å². The van der Waals surface area contributed by atoms with E-state index in [-0.39, 0.29) is 41.0 Å². The average Bonchev–Trinajstić information content (AvgIpc) is 3.10. The number of nitrogens with zero attached hydrogens (tertiary/aromatic N) is 6. The molecule has 2 aliphatic rings. The molecule has 0 spiro atoms. The van der Waals surface area contributed by atoms with Crippen LogP contribution in [0.4, 0.5) is 0 Å². The number of carbonyl (C=O) groups is 3. The van der Waals surface area contributed by atoms with Gasteiger partial charge in [-0.25, -0.2) is 4.68 Å². The first-order chi connectivity index (χ1) is 13.3. The van der Waals surface area contributed by atoms with Crippen molar-refractivity contribution in [1.82, 2.24) is 35.3 Å². The number of rotatable bonds is 9. The number of β-lactam (4-membered cyclic amide) rings is 1. The minimum Gasteiger partial charge on any atom is -0.543 e. The smallest absolute Gasteiger partial charge is 0.543 e. The van der Waals surface area contributed by atoms with E-state index in [1.54, 1.807) is 4.68 Å². The third-order valence-corrected chi connectivity index (χ3v) is 6.77. The van der Waals surface area contributed by atoms with Gasteiger partial charge in [0.2, 0.25) is 17.2 Å². The minimum atomic E-state index is -1.61. The van der Waals surface area contributed by atoms with Crippen LogP contribution in [0.25, 0.3) is 0 Å². The van der Waals surface area contributed by atoms with Crippen molar-refractivity contribution in [2.45, 2.75) is 22.7 Å². The number of amides is 2. The van der Waals surface area contributed by atoms with Gasteiger partial charge in [-0.05, 0) is 30.1 Å². The van der Waals surface area contributed by atoms with Crippen molar-refractivity contribution in [2.75, 3.05) is 32.1 Å². The Morgan fingerprint density at radius 3 is 2.90 bits per heavy atom. The number of hydrogen-bond donors (Lipinski definition) is 2. The molecule has 1 aromatic heterocycles. The molecule has 12 nitrogen and oxygen atoms in total. The van der Waals surface area contributed by atoms with Gasteiger partial charge in [0.05, 0.1) is 18.2 Å². The number of aromatic nitrogens is 4. The van der Waals surface area contributed by atoms with E-state index in [1.807, 2.05) is 19.0 Å². The maximum Gasteiger partial charge on any atom is 1.00 e. The monoisotopic (exact) mass is 450 g/mol. The summed E-state index contributed by atoms with van der Waals surface area (Å²) in [5, 5.41) is 25.4. The maximum absolute atomic E-state index is 12.4. The van der Waals surface area contributed by atoms with E-state index in [2.05, 4.69) is 20.8 Å². The van der Waals surface area contributed by atoms with Gasteiger partial charge in [-0.15, -0.1) is 16.9 Å². The van der Waals surface area contributed by atoms with Gasteiger partial charge < -0.3 is 20.1 Å². The van der Waals surface area contributed by atoms with Crippen molar-refractivity contribution in [3.63, 3.8) is 0 Å². The summed E-state index contributed by atoms with van der Waals surface area (Å²) >= 11 is 2.56. The van der Waals surface area contributed by atoms with E-state index >= 15 is 0 Å². The Labute approximate surface area is 197 Å². The SMILES string of the molecule is CN(C)CCn1nnnc1SCC1=C(C(=O)[O-])N2C(=O)[C@](N)(NC=O)[C@H]2SC1.[Na+]. The molecule has 0 saturated carbocycles. The Morgan fingerprint density at radius 1 is 1.55 bits per heavy atom. The molecule has 0 aliphatic carbocycles.